The Kier molecular flexibility index (Phi) is 1.81. The second kappa shape index (κ2) is 2.49. The number of phenolic OH excluding ortho intramolecular Hbond substituents is 1. The van der Waals surface area contributed by atoms with Crippen molar-refractivity contribution >= 4 is 0 Å². The molecule has 0 aliphatic heterocycles. The van der Waals surface area contributed by atoms with Crippen molar-refractivity contribution in [1.82, 2.24) is 0 Å². The van der Waals surface area contributed by atoms with Crippen LogP contribution in [0.1, 0.15) is 11.1 Å². The number of aromatic hydroxyl groups is 1. The zero-order valence-electron chi connectivity index (χ0n) is 6.28. The van der Waals surface area contributed by atoms with Gasteiger partial charge in [-0.15, -0.1) is 0 Å². The van der Waals surface area contributed by atoms with Crippen molar-refractivity contribution < 1.29 is 13.9 Å². The van der Waals surface area contributed by atoms with Crippen LogP contribution in [0.3, 0.4) is 0 Å². The van der Waals surface area contributed by atoms with Crippen molar-refractivity contribution in [1.29, 1.82) is 0 Å². The minimum Gasteiger partial charge on any atom is -0.507 e. The zero-order valence-corrected chi connectivity index (χ0v) is 6.28. The van der Waals surface area contributed by atoms with Crippen LogP contribution in [0.5, 0.6) is 5.75 Å². The van der Waals surface area contributed by atoms with Crippen molar-refractivity contribution in [2.75, 3.05) is 0 Å². The molecule has 0 heterocycles. The molecule has 0 saturated carbocycles. The van der Waals surface area contributed by atoms with Gasteiger partial charge in [-0.2, -0.15) is 0 Å². The predicted octanol–water partition coefficient (Wildman–Crippen LogP) is 2.29. The highest BCUT2D eigenvalue weighted by molar-refractivity contribution is 5.37. The molecular weight excluding hydrogens is 150 g/mol. The molecule has 11 heavy (non-hydrogen) atoms. The molecule has 0 fully saturated rings. The quantitative estimate of drug-likeness (QED) is 0.614. The fourth-order valence-corrected chi connectivity index (χ4v) is 0.835. The zero-order chi connectivity index (χ0) is 8.59. The van der Waals surface area contributed by atoms with Gasteiger partial charge in [0.25, 0.3) is 0 Å². The lowest BCUT2D eigenvalue weighted by Gasteiger charge is -2.03. The summed E-state index contributed by atoms with van der Waals surface area (Å²) in [5.41, 5.74) is 0.0317. The first-order valence-corrected chi connectivity index (χ1v) is 3.18. The van der Waals surface area contributed by atoms with Crippen molar-refractivity contribution in [3.8, 4) is 5.75 Å². The first-order valence-electron chi connectivity index (χ1n) is 3.18. The van der Waals surface area contributed by atoms with E-state index in [0.29, 0.717) is 0 Å². The largest absolute Gasteiger partial charge is 0.507 e. The van der Waals surface area contributed by atoms with Gasteiger partial charge >= 0.3 is 0 Å². The molecule has 1 aromatic rings. The summed E-state index contributed by atoms with van der Waals surface area (Å²) in [5.74, 6) is -1.74. The van der Waals surface area contributed by atoms with Crippen LogP contribution in [0.25, 0.3) is 0 Å². The Morgan fingerprint density at radius 1 is 1.18 bits per heavy atom. The third-order valence-electron chi connectivity index (χ3n) is 1.66. The minimum absolute atomic E-state index is 0.0553. The Morgan fingerprint density at radius 2 is 1.73 bits per heavy atom. The molecule has 0 unspecified atom stereocenters. The van der Waals surface area contributed by atoms with E-state index in [1.54, 1.807) is 0 Å². The number of benzene rings is 1. The summed E-state index contributed by atoms with van der Waals surface area (Å²) in [6, 6.07) is 0.910. The third kappa shape index (κ3) is 1.18. The second-order valence-corrected chi connectivity index (χ2v) is 2.44. The van der Waals surface area contributed by atoms with Gasteiger partial charge in [0.2, 0.25) is 0 Å². The Balaban J connectivity index is 3.46. The van der Waals surface area contributed by atoms with Crippen LogP contribution in [0.2, 0.25) is 0 Å². The molecule has 1 nitrogen and oxygen atoms in total. The minimum atomic E-state index is -0.717. The average molecular weight is 158 g/mol. The van der Waals surface area contributed by atoms with Gasteiger partial charge in [0, 0.05) is 17.2 Å². The van der Waals surface area contributed by atoms with Crippen LogP contribution in [-0.4, -0.2) is 5.11 Å². The molecule has 60 valence electrons. The SMILES string of the molecule is Cc1c(O)cc(F)c(C)c1F. The topological polar surface area (TPSA) is 20.2 Å². The van der Waals surface area contributed by atoms with Crippen molar-refractivity contribution in [3.05, 3.63) is 28.8 Å². The smallest absolute Gasteiger partial charge is 0.135 e. The number of phenols is 1. The second-order valence-electron chi connectivity index (χ2n) is 2.44. The third-order valence-corrected chi connectivity index (χ3v) is 1.66. The van der Waals surface area contributed by atoms with E-state index in [0.717, 1.165) is 6.07 Å². The molecular formula is C8H8F2O. The van der Waals surface area contributed by atoms with Crippen LogP contribution in [0, 0.1) is 25.5 Å². The van der Waals surface area contributed by atoms with Gasteiger partial charge < -0.3 is 5.11 Å². The van der Waals surface area contributed by atoms with Crippen LogP contribution in [0.15, 0.2) is 6.07 Å². The normalized spacial score (nSPS) is 10.2. The molecule has 0 aromatic heterocycles. The molecule has 0 bridgehead atoms. The molecule has 1 aromatic carbocycles. The maximum absolute atomic E-state index is 12.9. The van der Waals surface area contributed by atoms with Gasteiger partial charge in [-0.05, 0) is 13.8 Å². The van der Waals surface area contributed by atoms with E-state index in [1.807, 2.05) is 0 Å². The van der Waals surface area contributed by atoms with Gasteiger partial charge in [-0.3, -0.25) is 0 Å². The Labute approximate surface area is 63.3 Å². The van der Waals surface area contributed by atoms with E-state index in [1.165, 1.54) is 13.8 Å². The van der Waals surface area contributed by atoms with Gasteiger partial charge in [-0.25, -0.2) is 8.78 Å². The Bertz CT molecular complexity index is 268. The molecule has 0 aliphatic rings. The molecule has 3 heteroatoms. The average Bonchev–Trinajstić information content (AvgIpc) is 1.97. The summed E-state index contributed by atoms with van der Waals surface area (Å²) >= 11 is 0. The van der Waals surface area contributed by atoms with Crippen molar-refractivity contribution in [2.45, 2.75) is 13.8 Å². The van der Waals surface area contributed by atoms with Crippen LogP contribution < -0.4 is 0 Å². The summed E-state index contributed by atoms with van der Waals surface area (Å²) in [5, 5.41) is 8.93. The molecule has 0 radical (unpaired) electrons. The monoisotopic (exact) mass is 158 g/mol. The number of halogens is 2. The van der Waals surface area contributed by atoms with Crippen LogP contribution in [-0.2, 0) is 0 Å². The summed E-state index contributed by atoms with van der Waals surface area (Å²) < 4.78 is 25.5. The molecule has 0 aliphatic carbocycles. The first kappa shape index (κ1) is 7.98. The summed E-state index contributed by atoms with van der Waals surface area (Å²) in [7, 11) is 0. The summed E-state index contributed by atoms with van der Waals surface area (Å²) in [6.45, 7) is 2.73. The lowest BCUT2D eigenvalue weighted by Crippen LogP contribution is -1.92. The van der Waals surface area contributed by atoms with Gasteiger partial charge in [0.1, 0.15) is 17.4 Å². The van der Waals surface area contributed by atoms with Crippen LogP contribution >= 0.6 is 0 Å². The van der Waals surface area contributed by atoms with Crippen molar-refractivity contribution in [2.24, 2.45) is 0 Å². The summed E-state index contributed by atoms with van der Waals surface area (Å²) in [4.78, 5) is 0. The van der Waals surface area contributed by atoms with Gasteiger partial charge in [0.15, 0.2) is 0 Å². The highest BCUT2D eigenvalue weighted by Gasteiger charge is 2.10. The fourth-order valence-electron chi connectivity index (χ4n) is 0.835. The molecule has 1 N–H and O–H groups in total. The molecule has 0 amide bonds. The fraction of sp³-hybridized carbons (Fsp3) is 0.250. The van der Waals surface area contributed by atoms with Crippen molar-refractivity contribution in [3.63, 3.8) is 0 Å². The predicted molar refractivity (Wildman–Crippen MR) is 37.5 cm³/mol. The van der Waals surface area contributed by atoms with E-state index < -0.39 is 11.6 Å². The standard InChI is InChI=1S/C8H8F2O/c1-4-6(9)3-7(11)5(2)8(4)10/h3,11H,1-2H3. The van der Waals surface area contributed by atoms with Gasteiger partial charge in [0.05, 0.1) is 0 Å². The number of hydrogen-bond acceptors (Lipinski definition) is 1. The number of hydrogen-bond donors (Lipinski definition) is 1. The van der Waals surface area contributed by atoms with E-state index >= 15 is 0 Å². The van der Waals surface area contributed by atoms with Crippen LogP contribution in [0.4, 0.5) is 8.78 Å². The lowest BCUT2D eigenvalue weighted by molar-refractivity contribution is 0.452. The molecule has 1 rings (SSSR count). The van der Waals surface area contributed by atoms with E-state index in [-0.39, 0.29) is 16.9 Å². The molecule has 0 atom stereocenters. The van der Waals surface area contributed by atoms with E-state index in [2.05, 4.69) is 0 Å². The highest BCUT2D eigenvalue weighted by Crippen LogP contribution is 2.24. The Hall–Kier alpha value is -1.12. The molecule has 0 spiro atoms. The van der Waals surface area contributed by atoms with E-state index in [4.69, 9.17) is 5.11 Å². The maximum Gasteiger partial charge on any atom is 0.135 e. The lowest BCUT2D eigenvalue weighted by atomic mass is 10.1. The summed E-state index contributed by atoms with van der Waals surface area (Å²) in [6.07, 6.45) is 0. The van der Waals surface area contributed by atoms with E-state index in [9.17, 15) is 8.78 Å². The maximum atomic E-state index is 12.9. The molecule has 0 saturated heterocycles. The number of rotatable bonds is 0. The highest BCUT2D eigenvalue weighted by atomic mass is 19.1. The Morgan fingerprint density at radius 3 is 2.27 bits per heavy atom. The first-order chi connectivity index (χ1) is 5.04. The van der Waals surface area contributed by atoms with Gasteiger partial charge in [-0.1, -0.05) is 0 Å².